The van der Waals surface area contributed by atoms with Crippen LogP contribution in [0.2, 0.25) is 0 Å². The molecule has 1 aromatic carbocycles. The van der Waals surface area contributed by atoms with Crippen LogP contribution in [-0.4, -0.2) is 17.0 Å². The van der Waals surface area contributed by atoms with Gasteiger partial charge in [-0.25, -0.2) is 9.97 Å². The topological polar surface area (TPSA) is 37.8 Å². The smallest absolute Gasteiger partial charge is 0.161 e. The first-order valence-corrected chi connectivity index (χ1v) is 7.94. The Labute approximate surface area is 135 Å². The lowest BCUT2D eigenvalue weighted by Crippen LogP contribution is -2.04. The molecular weight excluding hydrogens is 417 g/mol. The Kier molecular flexibility index (Phi) is 4.78. The van der Waals surface area contributed by atoms with Gasteiger partial charge in [0.2, 0.25) is 0 Å². The van der Waals surface area contributed by atoms with E-state index < -0.39 is 0 Å². The second kappa shape index (κ2) is 6.17. The van der Waals surface area contributed by atoms with Crippen molar-refractivity contribution in [2.24, 2.45) is 0 Å². The minimum atomic E-state index is 0.775. The first-order chi connectivity index (χ1) is 9.06. The summed E-state index contributed by atoms with van der Waals surface area (Å²) in [5, 5.41) is 3.14. The minimum absolute atomic E-state index is 0.775. The number of aryl methyl sites for hydroxylation is 2. The van der Waals surface area contributed by atoms with Gasteiger partial charge in [0.1, 0.15) is 5.82 Å². The van der Waals surface area contributed by atoms with E-state index in [0.29, 0.717) is 0 Å². The molecule has 0 saturated carbocycles. The van der Waals surface area contributed by atoms with Crippen molar-refractivity contribution in [3.05, 3.63) is 37.5 Å². The van der Waals surface area contributed by atoms with E-state index in [2.05, 4.69) is 73.7 Å². The van der Waals surface area contributed by atoms with Crippen molar-refractivity contribution >= 4 is 44.3 Å². The van der Waals surface area contributed by atoms with Crippen molar-refractivity contribution in [1.29, 1.82) is 0 Å². The Morgan fingerprint density at radius 3 is 2.63 bits per heavy atom. The Morgan fingerprint density at radius 1 is 1.32 bits per heavy atom. The van der Waals surface area contributed by atoms with Crippen molar-refractivity contribution in [1.82, 2.24) is 9.97 Å². The lowest BCUT2D eigenvalue weighted by molar-refractivity contribution is 0.989. The van der Waals surface area contributed by atoms with Gasteiger partial charge in [0.15, 0.2) is 5.82 Å². The Hall–Kier alpha value is -0.690. The van der Waals surface area contributed by atoms with E-state index >= 15 is 0 Å². The van der Waals surface area contributed by atoms with Crippen LogP contribution in [-0.2, 0) is 6.42 Å². The first-order valence-electron chi connectivity index (χ1n) is 6.07. The number of halogens is 2. The van der Waals surface area contributed by atoms with E-state index in [4.69, 9.17) is 0 Å². The average molecular weight is 432 g/mol. The normalized spacial score (nSPS) is 10.6. The number of nitrogens with one attached hydrogen (secondary N) is 1. The van der Waals surface area contributed by atoms with E-state index in [-0.39, 0.29) is 0 Å². The Bertz CT molecular complexity index is 589. The van der Waals surface area contributed by atoms with Gasteiger partial charge in [-0.05, 0) is 53.6 Å². The molecule has 5 heteroatoms. The van der Waals surface area contributed by atoms with Gasteiger partial charge in [-0.2, -0.15) is 0 Å². The van der Waals surface area contributed by atoms with E-state index in [1.807, 2.05) is 19.2 Å². The molecule has 1 aromatic heterocycles. The van der Waals surface area contributed by atoms with Gasteiger partial charge in [-0.3, -0.25) is 0 Å². The zero-order valence-corrected chi connectivity index (χ0v) is 14.8. The van der Waals surface area contributed by atoms with Gasteiger partial charge in [-0.15, -0.1) is 0 Å². The Morgan fingerprint density at radius 2 is 2.05 bits per heavy atom. The molecule has 2 aromatic rings. The van der Waals surface area contributed by atoms with Crippen LogP contribution in [0.5, 0.6) is 0 Å². The largest absolute Gasteiger partial charge is 0.372 e. The molecular formula is C14H15BrIN3. The predicted octanol–water partition coefficient (Wildman–Crippen LogP) is 4.42. The Balaban J connectivity index is 2.58. The summed E-state index contributed by atoms with van der Waals surface area (Å²) in [6.45, 7) is 4.18. The molecule has 0 aliphatic rings. The third-order valence-electron chi connectivity index (χ3n) is 2.91. The lowest BCUT2D eigenvalue weighted by Gasteiger charge is -2.10. The maximum absolute atomic E-state index is 4.67. The molecule has 2 rings (SSSR count). The maximum Gasteiger partial charge on any atom is 0.161 e. The summed E-state index contributed by atoms with van der Waals surface area (Å²) >= 11 is 5.81. The number of benzene rings is 1. The van der Waals surface area contributed by atoms with E-state index in [1.165, 1.54) is 5.56 Å². The summed E-state index contributed by atoms with van der Waals surface area (Å²) in [5.41, 5.74) is 3.31. The van der Waals surface area contributed by atoms with E-state index in [0.717, 1.165) is 37.4 Å². The SMILES string of the molecule is CCc1nc(-c2ccc(Br)c(C)c2)nc(NC)c1I. The fourth-order valence-corrected chi connectivity index (χ4v) is 2.95. The average Bonchev–Trinajstić information content (AvgIpc) is 2.42. The second-order valence-corrected chi connectivity index (χ2v) is 6.16. The highest BCUT2D eigenvalue weighted by Crippen LogP contribution is 2.26. The summed E-state index contributed by atoms with van der Waals surface area (Å²) in [4.78, 5) is 9.26. The summed E-state index contributed by atoms with van der Waals surface area (Å²) < 4.78 is 2.20. The lowest BCUT2D eigenvalue weighted by atomic mass is 10.1. The van der Waals surface area contributed by atoms with Gasteiger partial charge in [0.05, 0.1) is 9.26 Å². The third-order valence-corrected chi connectivity index (χ3v) is 4.93. The van der Waals surface area contributed by atoms with Crippen LogP contribution in [0.3, 0.4) is 0 Å². The molecule has 0 spiro atoms. The number of hydrogen-bond donors (Lipinski definition) is 1. The molecule has 1 heterocycles. The number of aromatic nitrogens is 2. The monoisotopic (exact) mass is 431 g/mol. The van der Waals surface area contributed by atoms with Crippen LogP contribution in [0, 0.1) is 10.5 Å². The van der Waals surface area contributed by atoms with Crippen LogP contribution < -0.4 is 5.32 Å². The van der Waals surface area contributed by atoms with Crippen molar-refractivity contribution in [3.8, 4) is 11.4 Å². The highest BCUT2D eigenvalue weighted by molar-refractivity contribution is 14.1. The molecule has 1 N–H and O–H groups in total. The van der Waals surface area contributed by atoms with Crippen LogP contribution >= 0.6 is 38.5 Å². The second-order valence-electron chi connectivity index (χ2n) is 4.22. The number of rotatable bonds is 3. The molecule has 0 aliphatic carbocycles. The molecule has 0 saturated heterocycles. The summed E-state index contributed by atoms with van der Waals surface area (Å²) in [6, 6.07) is 6.18. The molecule has 0 aliphatic heterocycles. The number of anilines is 1. The van der Waals surface area contributed by atoms with E-state index in [9.17, 15) is 0 Å². The van der Waals surface area contributed by atoms with Crippen molar-refractivity contribution in [2.45, 2.75) is 20.3 Å². The van der Waals surface area contributed by atoms with Crippen LogP contribution in [0.4, 0.5) is 5.82 Å². The molecule has 0 radical (unpaired) electrons. The maximum atomic E-state index is 4.67. The molecule has 0 atom stereocenters. The van der Waals surface area contributed by atoms with Gasteiger partial charge < -0.3 is 5.32 Å². The molecule has 100 valence electrons. The molecule has 0 unspecified atom stereocenters. The molecule has 3 nitrogen and oxygen atoms in total. The standard InChI is InChI=1S/C14H15BrIN3/c1-4-11-12(16)14(17-3)19-13(18-11)9-5-6-10(15)8(2)7-9/h5-7H,4H2,1-3H3,(H,17,18,19). The highest BCUT2D eigenvalue weighted by atomic mass is 127. The quantitative estimate of drug-likeness (QED) is 0.730. The molecule has 0 fully saturated rings. The van der Waals surface area contributed by atoms with Gasteiger partial charge in [-0.1, -0.05) is 28.9 Å². The van der Waals surface area contributed by atoms with Gasteiger partial charge >= 0.3 is 0 Å². The summed E-state index contributed by atoms with van der Waals surface area (Å²) in [7, 11) is 1.89. The fourth-order valence-electron chi connectivity index (χ4n) is 1.81. The zero-order chi connectivity index (χ0) is 14.0. The number of nitrogens with zero attached hydrogens (tertiary/aromatic N) is 2. The van der Waals surface area contributed by atoms with Crippen LogP contribution in [0.25, 0.3) is 11.4 Å². The fraction of sp³-hybridized carbons (Fsp3) is 0.286. The zero-order valence-electron chi connectivity index (χ0n) is 11.1. The van der Waals surface area contributed by atoms with Gasteiger partial charge in [0.25, 0.3) is 0 Å². The highest BCUT2D eigenvalue weighted by Gasteiger charge is 2.11. The third kappa shape index (κ3) is 3.08. The molecule has 0 amide bonds. The van der Waals surface area contributed by atoms with Gasteiger partial charge in [0, 0.05) is 17.1 Å². The van der Waals surface area contributed by atoms with Crippen molar-refractivity contribution in [3.63, 3.8) is 0 Å². The van der Waals surface area contributed by atoms with Crippen LogP contribution in [0.1, 0.15) is 18.2 Å². The summed E-state index contributed by atoms with van der Waals surface area (Å²) in [6.07, 6.45) is 0.901. The summed E-state index contributed by atoms with van der Waals surface area (Å²) in [5.74, 6) is 1.67. The minimum Gasteiger partial charge on any atom is -0.372 e. The van der Waals surface area contributed by atoms with Crippen LogP contribution in [0.15, 0.2) is 22.7 Å². The molecule has 19 heavy (non-hydrogen) atoms. The molecule has 0 bridgehead atoms. The van der Waals surface area contributed by atoms with Crippen molar-refractivity contribution < 1.29 is 0 Å². The van der Waals surface area contributed by atoms with Crippen molar-refractivity contribution in [2.75, 3.05) is 12.4 Å². The van der Waals surface area contributed by atoms with E-state index in [1.54, 1.807) is 0 Å². The number of hydrogen-bond acceptors (Lipinski definition) is 3. The first kappa shape index (κ1) is 14.7. The predicted molar refractivity (Wildman–Crippen MR) is 91.5 cm³/mol.